The van der Waals surface area contributed by atoms with Crippen LogP contribution in [0.3, 0.4) is 0 Å². The lowest BCUT2D eigenvalue weighted by Gasteiger charge is -2.31. The highest BCUT2D eigenvalue weighted by atomic mass is 35.5. The highest BCUT2D eigenvalue weighted by molar-refractivity contribution is 6.30. The first-order valence-electron chi connectivity index (χ1n) is 7.89. The molecule has 22 heavy (non-hydrogen) atoms. The molecule has 2 aromatic carbocycles. The summed E-state index contributed by atoms with van der Waals surface area (Å²) >= 11 is 6.16. The molecule has 2 aromatic rings. The Morgan fingerprint density at radius 2 is 1.86 bits per heavy atom. The summed E-state index contributed by atoms with van der Waals surface area (Å²) in [6, 6.07) is 18.8. The minimum atomic E-state index is 0.222. The molecule has 2 rings (SSSR count). The molecule has 1 atom stereocenters. The van der Waals surface area contributed by atoms with E-state index in [4.69, 9.17) is 11.6 Å². The van der Waals surface area contributed by atoms with Crippen LogP contribution in [0.5, 0.6) is 0 Å². The second-order valence-electron chi connectivity index (χ2n) is 5.49. The maximum atomic E-state index is 9.22. The molecule has 0 saturated carbocycles. The number of hydrogen-bond donors (Lipinski definition) is 1. The van der Waals surface area contributed by atoms with Gasteiger partial charge in [0.2, 0.25) is 0 Å². The summed E-state index contributed by atoms with van der Waals surface area (Å²) in [4.78, 5) is 2.44. The lowest BCUT2D eigenvalue weighted by atomic mass is 9.99. The van der Waals surface area contributed by atoms with Crippen molar-refractivity contribution in [3.05, 3.63) is 70.7 Å². The van der Waals surface area contributed by atoms with Gasteiger partial charge < -0.3 is 5.11 Å². The van der Waals surface area contributed by atoms with E-state index in [0.717, 1.165) is 31.0 Å². The normalized spacial score (nSPS) is 12.5. The molecule has 0 fully saturated rings. The number of nitrogens with zero attached hydrogens (tertiary/aromatic N) is 1. The van der Waals surface area contributed by atoms with E-state index in [1.54, 1.807) is 0 Å². The van der Waals surface area contributed by atoms with Gasteiger partial charge >= 0.3 is 0 Å². The second-order valence-corrected chi connectivity index (χ2v) is 5.92. The smallest absolute Gasteiger partial charge is 0.0431 e. The van der Waals surface area contributed by atoms with E-state index < -0.39 is 0 Å². The number of benzene rings is 2. The lowest BCUT2D eigenvalue weighted by molar-refractivity contribution is 0.173. The van der Waals surface area contributed by atoms with Crippen LogP contribution in [0.25, 0.3) is 0 Å². The van der Waals surface area contributed by atoms with Gasteiger partial charge in [-0.25, -0.2) is 0 Å². The van der Waals surface area contributed by atoms with E-state index in [1.807, 2.05) is 24.3 Å². The van der Waals surface area contributed by atoms with E-state index in [9.17, 15) is 5.11 Å². The van der Waals surface area contributed by atoms with E-state index in [1.165, 1.54) is 11.1 Å². The second kappa shape index (κ2) is 8.94. The van der Waals surface area contributed by atoms with Gasteiger partial charge in [-0.3, -0.25) is 4.90 Å². The summed E-state index contributed by atoms with van der Waals surface area (Å²) < 4.78 is 0. The molecule has 0 aromatic heterocycles. The predicted octanol–water partition coefficient (Wildman–Crippen LogP) is 4.68. The van der Waals surface area contributed by atoms with Crippen LogP contribution in [0, 0.1) is 0 Å². The lowest BCUT2D eigenvalue weighted by Crippen LogP contribution is -2.28. The molecule has 3 heteroatoms. The van der Waals surface area contributed by atoms with Crippen LogP contribution in [-0.4, -0.2) is 23.2 Å². The number of aliphatic hydroxyl groups excluding tert-OH is 1. The van der Waals surface area contributed by atoms with Crippen molar-refractivity contribution in [1.82, 2.24) is 4.90 Å². The van der Waals surface area contributed by atoms with Crippen LogP contribution in [0.1, 0.15) is 36.9 Å². The van der Waals surface area contributed by atoms with Gasteiger partial charge in [0, 0.05) is 24.2 Å². The fourth-order valence-electron chi connectivity index (χ4n) is 2.82. The van der Waals surface area contributed by atoms with Gasteiger partial charge in [-0.2, -0.15) is 0 Å². The minimum absolute atomic E-state index is 0.222. The molecule has 0 spiro atoms. The summed E-state index contributed by atoms with van der Waals surface area (Å²) in [6.45, 7) is 4.26. The van der Waals surface area contributed by atoms with Crippen LogP contribution < -0.4 is 0 Å². The maximum absolute atomic E-state index is 9.22. The Morgan fingerprint density at radius 1 is 1.09 bits per heavy atom. The summed E-state index contributed by atoms with van der Waals surface area (Å²) in [7, 11) is 0. The molecule has 0 aliphatic rings. The van der Waals surface area contributed by atoms with Gasteiger partial charge in [-0.15, -0.1) is 0 Å². The monoisotopic (exact) mass is 317 g/mol. The highest BCUT2D eigenvalue weighted by Crippen LogP contribution is 2.28. The SMILES string of the molecule is CCN(Cc1ccccc1)C(CCCO)c1cccc(Cl)c1. The summed E-state index contributed by atoms with van der Waals surface area (Å²) in [5.41, 5.74) is 2.53. The van der Waals surface area contributed by atoms with Gasteiger partial charge in [0.05, 0.1) is 0 Å². The average Bonchev–Trinajstić information content (AvgIpc) is 2.55. The Morgan fingerprint density at radius 3 is 2.50 bits per heavy atom. The Hall–Kier alpha value is -1.35. The molecule has 0 aliphatic carbocycles. The van der Waals surface area contributed by atoms with Gasteiger partial charge in [0.1, 0.15) is 0 Å². The first kappa shape index (κ1) is 17.0. The van der Waals surface area contributed by atoms with Crippen LogP contribution in [0.2, 0.25) is 5.02 Å². The van der Waals surface area contributed by atoms with Crippen molar-refractivity contribution in [2.75, 3.05) is 13.2 Å². The minimum Gasteiger partial charge on any atom is -0.396 e. The third kappa shape index (κ3) is 4.84. The molecular formula is C19H24ClNO. The van der Waals surface area contributed by atoms with Crippen molar-refractivity contribution in [3.63, 3.8) is 0 Å². The number of aliphatic hydroxyl groups is 1. The third-order valence-electron chi connectivity index (χ3n) is 3.94. The third-order valence-corrected chi connectivity index (χ3v) is 4.18. The Labute approximate surface area is 138 Å². The number of hydrogen-bond acceptors (Lipinski definition) is 2. The summed E-state index contributed by atoms with van der Waals surface area (Å²) in [6.07, 6.45) is 1.72. The molecular weight excluding hydrogens is 294 g/mol. The van der Waals surface area contributed by atoms with Crippen molar-refractivity contribution >= 4 is 11.6 Å². The van der Waals surface area contributed by atoms with Crippen LogP contribution in [0.4, 0.5) is 0 Å². The molecule has 1 unspecified atom stereocenters. The maximum Gasteiger partial charge on any atom is 0.0431 e. The largest absolute Gasteiger partial charge is 0.396 e. The first-order chi connectivity index (χ1) is 10.7. The van der Waals surface area contributed by atoms with Crippen LogP contribution in [-0.2, 0) is 6.54 Å². The van der Waals surface area contributed by atoms with Crippen LogP contribution >= 0.6 is 11.6 Å². The molecule has 0 heterocycles. The molecule has 0 saturated heterocycles. The molecule has 2 nitrogen and oxygen atoms in total. The van der Waals surface area contributed by atoms with Crippen molar-refractivity contribution < 1.29 is 5.11 Å². The molecule has 0 radical (unpaired) electrons. The van der Waals surface area contributed by atoms with Crippen molar-refractivity contribution in [3.8, 4) is 0 Å². The molecule has 0 aliphatic heterocycles. The van der Waals surface area contributed by atoms with Gasteiger partial charge in [-0.1, -0.05) is 61.0 Å². The van der Waals surface area contributed by atoms with Gasteiger partial charge in [0.25, 0.3) is 0 Å². The molecule has 0 bridgehead atoms. The summed E-state index contributed by atoms with van der Waals surface area (Å²) in [5.74, 6) is 0. The van der Waals surface area contributed by atoms with E-state index in [-0.39, 0.29) is 12.6 Å². The van der Waals surface area contributed by atoms with E-state index in [2.05, 4.69) is 42.2 Å². The Bertz CT molecular complexity index is 558. The average molecular weight is 318 g/mol. The Kier molecular flexibility index (Phi) is 6.91. The van der Waals surface area contributed by atoms with Gasteiger partial charge in [0.15, 0.2) is 0 Å². The van der Waals surface area contributed by atoms with Gasteiger partial charge in [-0.05, 0) is 42.6 Å². The molecule has 0 amide bonds. The standard InChI is InChI=1S/C19H24ClNO/c1-2-21(15-16-8-4-3-5-9-16)19(12-7-13-22)17-10-6-11-18(20)14-17/h3-6,8-11,14,19,22H,2,7,12-13,15H2,1H3. The summed E-state index contributed by atoms with van der Waals surface area (Å²) in [5, 5.41) is 9.98. The zero-order chi connectivity index (χ0) is 15.8. The first-order valence-corrected chi connectivity index (χ1v) is 8.26. The van der Waals surface area contributed by atoms with Crippen molar-refractivity contribution in [2.45, 2.75) is 32.4 Å². The molecule has 1 N–H and O–H groups in total. The Balaban J connectivity index is 2.21. The topological polar surface area (TPSA) is 23.5 Å². The quantitative estimate of drug-likeness (QED) is 0.764. The highest BCUT2D eigenvalue weighted by Gasteiger charge is 2.19. The number of halogens is 1. The van der Waals surface area contributed by atoms with E-state index >= 15 is 0 Å². The van der Waals surface area contributed by atoms with Crippen molar-refractivity contribution in [1.29, 1.82) is 0 Å². The van der Waals surface area contributed by atoms with Crippen molar-refractivity contribution in [2.24, 2.45) is 0 Å². The fourth-order valence-corrected chi connectivity index (χ4v) is 3.02. The van der Waals surface area contributed by atoms with E-state index in [0.29, 0.717) is 0 Å². The van der Waals surface area contributed by atoms with Crippen LogP contribution in [0.15, 0.2) is 54.6 Å². The fraction of sp³-hybridized carbons (Fsp3) is 0.368. The zero-order valence-electron chi connectivity index (χ0n) is 13.1. The molecule has 118 valence electrons. The zero-order valence-corrected chi connectivity index (χ0v) is 13.8. The predicted molar refractivity (Wildman–Crippen MR) is 93.0 cm³/mol. The number of rotatable bonds is 8.